The van der Waals surface area contributed by atoms with E-state index in [4.69, 9.17) is 0 Å². The molecule has 0 heterocycles. The van der Waals surface area contributed by atoms with Crippen molar-refractivity contribution in [2.75, 3.05) is 0 Å². The molecule has 0 aliphatic carbocycles. The molecular formula is C27H22OsP+. The summed E-state index contributed by atoms with van der Waals surface area (Å²) in [5.74, 6) is 0. The molecule has 0 aliphatic rings. The van der Waals surface area contributed by atoms with Crippen LogP contribution in [0.25, 0.3) is 6.08 Å². The molecule has 0 fully saturated rings. The number of benzene rings is 4. The molecule has 4 rings (SSSR count). The molecule has 0 amide bonds. The minimum atomic E-state index is -2.02. The van der Waals surface area contributed by atoms with E-state index in [1.165, 1.54) is 26.8 Å². The van der Waals surface area contributed by atoms with Crippen molar-refractivity contribution in [3.63, 3.8) is 0 Å². The number of hydrogen-bond donors (Lipinski definition) is 0. The molecule has 2 heteroatoms. The molecule has 0 nitrogen and oxygen atoms in total. The zero-order valence-corrected chi connectivity index (χ0v) is 19.4. The van der Waals surface area contributed by atoms with Crippen LogP contribution in [0.4, 0.5) is 0 Å². The Morgan fingerprint density at radius 1 is 0.517 bits per heavy atom. The Bertz CT molecular complexity index is 992. The summed E-state index contributed by atoms with van der Waals surface area (Å²) in [6.45, 7) is 0. The summed E-state index contributed by atoms with van der Waals surface area (Å²) in [4.78, 5) is 0. The summed E-state index contributed by atoms with van der Waals surface area (Å²) in [5.41, 5.74) is 1.23. The standard InChI is InChI=1S/C27H22P.Os/c1-23(22-24-14-6-2-7-15-24)28(25-16-8-3-9-17-25,26-18-10-4-11-19-26)27-20-12-5-13-21-27;/h1-22H;/q+1;/b23-22+;. The van der Waals surface area contributed by atoms with Crippen LogP contribution in [0.5, 0.6) is 0 Å². The predicted molar refractivity (Wildman–Crippen MR) is 126 cm³/mol. The van der Waals surface area contributed by atoms with Gasteiger partial charge in [0, 0.05) is 0 Å². The van der Waals surface area contributed by atoms with E-state index in [0.717, 1.165) is 0 Å². The third-order valence-electron chi connectivity index (χ3n) is 5.04. The molecule has 0 spiro atoms. The second kappa shape index (κ2) is 9.37. The number of hydrogen-bond acceptors (Lipinski definition) is 0. The Morgan fingerprint density at radius 2 is 0.862 bits per heavy atom. The van der Waals surface area contributed by atoms with Gasteiger partial charge in [0.05, 0.1) is 0 Å². The van der Waals surface area contributed by atoms with Gasteiger partial charge < -0.3 is 0 Å². The van der Waals surface area contributed by atoms with Gasteiger partial charge >= 0.3 is 184 Å². The van der Waals surface area contributed by atoms with Gasteiger partial charge in [0.15, 0.2) is 0 Å². The molecule has 0 bridgehead atoms. The molecule has 0 atom stereocenters. The average Bonchev–Trinajstić information content (AvgIpc) is 2.82. The second-order valence-corrected chi connectivity index (χ2v) is 10.9. The van der Waals surface area contributed by atoms with Gasteiger partial charge in [0.2, 0.25) is 0 Å². The molecule has 142 valence electrons. The van der Waals surface area contributed by atoms with Crippen LogP contribution >= 0.6 is 7.26 Å². The van der Waals surface area contributed by atoms with E-state index in [1.54, 1.807) is 0 Å². The van der Waals surface area contributed by atoms with Crippen LogP contribution in [0, 0.1) is 0 Å². The zero-order valence-electron chi connectivity index (χ0n) is 16.0. The third-order valence-corrected chi connectivity index (χ3v) is 10.7. The Morgan fingerprint density at radius 3 is 1.21 bits per heavy atom. The van der Waals surface area contributed by atoms with Crippen molar-refractivity contribution in [1.82, 2.24) is 0 Å². The molecule has 0 aromatic heterocycles. The number of allylic oxidation sites excluding steroid dienone is 1. The topological polar surface area (TPSA) is 0 Å². The summed E-state index contributed by atoms with van der Waals surface area (Å²) in [6, 6.07) is 43.7. The van der Waals surface area contributed by atoms with Crippen LogP contribution in [0.2, 0.25) is 0 Å². The van der Waals surface area contributed by atoms with Crippen LogP contribution < -0.4 is 15.9 Å². The molecule has 0 aliphatic heterocycles. The first-order valence-corrected chi connectivity index (χ1v) is 12.9. The van der Waals surface area contributed by atoms with Gasteiger partial charge in [-0.15, -0.1) is 0 Å². The summed E-state index contributed by atoms with van der Waals surface area (Å²) < 4.78 is 2.33. The van der Waals surface area contributed by atoms with Crippen molar-refractivity contribution in [2.45, 2.75) is 0 Å². The van der Waals surface area contributed by atoms with Crippen molar-refractivity contribution in [3.05, 3.63) is 132 Å². The van der Waals surface area contributed by atoms with Crippen LogP contribution in [-0.2, 0) is 18.1 Å². The zero-order chi connectivity index (χ0) is 19.9. The predicted octanol–water partition coefficient (Wildman–Crippen LogP) is 5.37. The van der Waals surface area contributed by atoms with Gasteiger partial charge in [-0.1, -0.05) is 0 Å². The fourth-order valence-corrected chi connectivity index (χ4v) is 9.58. The van der Waals surface area contributed by atoms with E-state index in [-0.39, 0.29) is 0 Å². The normalized spacial score (nSPS) is 11.8. The van der Waals surface area contributed by atoms with Crippen LogP contribution in [0.15, 0.2) is 127 Å². The van der Waals surface area contributed by atoms with Gasteiger partial charge in [-0.25, -0.2) is 0 Å². The van der Waals surface area contributed by atoms with Gasteiger partial charge in [0.1, 0.15) is 0 Å². The Balaban J connectivity index is 2.10. The summed E-state index contributed by atoms with van der Waals surface area (Å²) in [5, 5.41) is 5.51. The van der Waals surface area contributed by atoms with Crippen LogP contribution in [0.3, 0.4) is 0 Å². The van der Waals surface area contributed by atoms with Crippen molar-refractivity contribution in [2.24, 2.45) is 0 Å². The molecule has 29 heavy (non-hydrogen) atoms. The summed E-state index contributed by atoms with van der Waals surface area (Å²) >= 11 is 1.93. The molecular weight excluding hydrogens is 546 g/mol. The second-order valence-electron chi connectivity index (χ2n) is 6.76. The molecule has 0 saturated carbocycles. The molecule has 0 unspecified atom stereocenters. The average molecular weight is 568 g/mol. The van der Waals surface area contributed by atoms with Crippen LogP contribution in [-0.4, -0.2) is 4.57 Å². The van der Waals surface area contributed by atoms with E-state index >= 15 is 0 Å². The van der Waals surface area contributed by atoms with E-state index in [9.17, 15) is 0 Å². The first-order valence-electron chi connectivity index (χ1n) is 9.61. The molecule has 0 N–H and O–H groups in total. The van der Waals surface area contributed by atoms with E-state index in [2.05, 4.69) is 132 Å². The molecule has 4 aromatic rings. The third kappa shape index (κ3) is 4.00. The maximum atomic E-state index is 2.37. The van der Waals surface area contributed by atoms with Crippen molar-refractivity contribution in [1.29, 1.82) is 0 Å². The first kappa shape index (κ1) is 19.9. The first-order chi connectivity index (χ1) is 14.4. The van der Waals surface area contributed by atoms with Gasteiger partial charge in [-0.2, -0.15) is 0 Å². The Kier molecular flexibility index (Phi) is 6.41. The van der Waals surface area contributed by atoms with Crippen LogP contribution in [0.1, 0.15) is 5.56 Å². The van der Waals surface area contributed by atoms with E-state index in [1.807, 2.05) is 18.1 Å². The molecule has 0 radical (unpaired) electrons. The summed E-state index contributed by atoms with van der Waals surface area (Å²) in [6.07, 6.45) is 2.37. The molecule has 0 saturated heterocycles. The fraction of sp³-hybridized carbons (Fsp3) is 0. The van der Waals surface area contributed by atoms with E-state index in [0.29, 0.717) is 0 Å². The minimum absolute atomic E-state index is 1.23. The van der Waals surface area contributed by atoms with Gasteiger partial charge in [-0.3, -0.25) is 0 Å². The van der Waals surface area contributed by atoms with Crippen molar-refractivity contribution < 1.29 is 18.1 Å². The van der Waals surface area contributed by atoms with E-state index < -0.39 is 7.26 Å². The SMILES string of the molecule is [Os]=[CH]/C(=C\c1ccccc1)[P+](c1ccccc1)(c1ccccc1)c1ccccc1. The van der Waals surface area contributed by atoms with Gasteiger partial charge in [-0.05, 0) is 0 Å². The van der Waals surface area contributed by atoms with Gasteiger partial charge in [0.25, 0.3) is 0 Å². The maximum absolute atomic E-state index is 2.37. The summed E-state index contributed by atoms with van der Waals surface area (Å²) in [7, 11) is -2.02. The van der Waals surface area contributed by atoms with Crippen molar-refractivity contribution in [3.8, 4) is 0 Å². The Labute approximate surface area is 183 Å². The van der Waals surface area contributed by atoms with Crippen molar-refractivity contribution >= 4 is 33.8 Å². The Hall–Kier alpha value is -2.44. The monoisotopic (exact) mass is 569 g/mol. The quantitative estimate of drug-likeness (QED) is 0.275. The fourth-order valence-electron chi connectivity index (χ4n) is 3.76. The molecule has 4 aromatic carbocycles. The number of rotatable bonds is 6.